The van der Waals surface area contributed by atoms with E-state index in [9.17, 15) is 19.2 Å². The summed E-state index contributed by atoms with van der Waals surface area (Å²) in [4.78, 5) is 50.3. The van der Waals surface area contributed by atoms with Crippen molar-refractivity contribution in [1.29, 1.82) is 0 Å². The third-order valence-electron chi connectivity index (χ3n) is 5.34. The van der Waals surface area contributed by atoms with Crippen molar-refractivity contribution >= 4 is 23.6 Å². The molecule has 0 aliphatic heterocycles. The molecular formula is C23H44N4O5. The van der Waals surface area contributed by atoms with Crippen LogP contribution in [0.4, 0.5) is 0 Å². The van der Waals surface area contributed by atoms with Gasteiger partial charge in [0.2, 0.25) is 17.7 Å². The van der Waals surface area contributed by atoms with Gasteiger partial charge in [-0.1, -0.05) is 73.6 Å². The van der Waals surface area contributed by atoms with Gasteiger partial charge in [0.25, 0.3) is 5.91 Å². The standard InChI is InChI=1S/C23H44N4O5/c1-8-9-10-11-12-13-17(21(30)26-18(22(31)24-7)23(4,5)6)25-19(28)16(14-15(2)3)20(29)27-32/h15-18,32H,8-14H2,1-7H3,(H,24,31)(H,25,28)(H,26,30)(H,27,29). The average Bonchev–Trinajstić information content (AvgIpc) is 2.72. The molecule has 0 rings (SSSR count). The minimum Gasteiger partial charge on any atom is -0.357 e. The van der Waals surface area contributed by atoms with Crippen LogP contribution in [0.25, 0.3) is 0 Å². The van der Waals surface area contributed by atoms with Crippen molar-refractivity contribution in [2.75, 3.05) is 7.05 Å². The Bertz CT molecular complexity index is 616. The van der Waals surface area contributed by atoms with Crippen molar-refractivity contribution in [3.8, 4) is 0 Å². The Labute approximate surface area is 192 Å². The van der Waals surface area contributed by atoms with Gasteiger partial charge >= 0.3 is 0 Å². The molecule has 0 spiro atoms. The number of likely N-dealkylation sites (N-methyl/N-ethyl adjacent to an activating group) is 1. The Morgan fingerprint density at radius 3 is 1.91 bits per heavy atom. The Kier molecular flexibility index (Phi) is 13.8. The van der Waals surface area contributed by atoms with Gasteiger partial charge in [0, 0.05) is 7.05 Å². The zero-order chi connectivity index (χ0) is 24.9. The first-order chi connectivity index (χ1) is 14.9. The number of amides is 4. The van der Waals surface area contributed by atoms with Crippen LogP contribution in [0.2, 0.25) is 0 Å². The van der Waals surface area contributed by atoms with Crippen molar-refractivity contribution in [2.24, 2.45) is 17.3 Å². The van der Waals surface area contributed by atoms with E-state index in [-0.39, 0.29) is 18.2 Å². The molecule has 5 N–H and O–H groups in total. The molecule has 0 saturated carbocycles. The molecule has 186 valence electrons. The molecule has 3 unspecified atom stereocenters. The highest BCUT2D eigenvalue weighted by Gasteiger charge is 2.35. The highest BCUT2D eigenvalue weighted by Crippen LogP contribution is 2.20. The number of carbonyl (C=O) groups is 4. The molecule has 0 bridgehead atoms. The molecule has 9 heteroatoms. The van der Waals surface area contributed by atoms with Crippen LogP contribution in [0.3, 0.4) is 0 Å². The average molecular weight is 457 g/mol. The maximum absolute atomic E-state index is 13.1. The smallest absolute Gasteiger partial charge is 0.255 e. The van der Waals surface area contributed by atoms with Crippen LogP contribution >= 0.6 is 0 Å². The molecule has 0 aliphatic carbocycles. The van der Waals surface area contributed by atoms with E-state index in [2.05, 4.69) is 22.9 Å². The Hall–Kier alpha value is -2.16. The summed E-state index contributed by atoms with van der Waals surface area (Å²) in [7, 11) is 1.50. The monoisotopic (exact) mass is 456 g/mol. The molecule has 0 heterocycles. The van der Waals surface area contributed by atoms with Crippen molar-refractivity contribution in [3.63, 3.8) is 0 Å². The Balaban J connectivity index is 5.54. The molecule has 0 fully saturated rings. The number of rotatable bonds is 14. The molecule has 0 radical (unpaired) electrons. The van der Waals surface area contributed by atoms with E-state index in [1.54, 1.807) is 5.48 Å². The number of unbranched alkanes of at least 4 members (excludes halogenated alkanes) is 4. The Morgan fingerprint density at radius 2 is 1.44 bits per heavy atom. The quantitative estimate of drug-likeness (QED) is 0.118. The topological polar surface area (TPSA) is 137 Å². The second kappa shape index (κ2) is 14.8. The van der Waals surface area contributed by atoms with Crippen LogP contribution in [-0.2, 0) is 19.2 Å². The number of hydrogen-bond donors (Lipinski definition) is 5. The molecular weight excluding hydrogens is 412 g/mol. The lowest BCUT2D eigenvalue weighted by Crippen LogP contribution is -2.58. The summed E-state index contributed by atoms with van der Waals surface area (Å²) < 4.78 is 0. The molecule has 32 heavy (non-hydrogen) atoms. The minimum absolute atomic E-state index is 0.0305. The Morgan fingerprint density at radius 1 is 0.844 bits per heavy atom. The highest BCUT2D eigenvalue weighted by atomic mass is 16.5. The van der Waals surface area contributed by atoms with Crippen LogP contribution in [0.15, 0.2) is 0 Å². The van der Waals surface area contributed by atoms with Crippen LogP contribution in [-0.4, -0.2) is 48.0 Å². The first kappa shape index (κ1) is 29.8. The minimum atomic E-state index is -1.12. The highest BCUT2D eigenvalue weighted by molar-refractivity contribution is 6.01. The van der Waals surface area contributed by atoms with Crippen LogP contribution in [0.5, 0.6) is 0 Å². The van der Waals surface area contributed by atoms with Crippen LogP contribution < -0.4 is 21.4 Å². The predicted molar refractivity (Wildman–Crippen MR) is 124 cm³/mol. The zero-order valence-corrected chi connectivity index (χ0v) is 20.8. The molecule has 4 amide bonds. The number of hydrogen-bond acceptors (Lipinski definition) is 5. The maximum Gasteiger partial charge on any atom is 0.255 e. The summed E-state index contributed by atoms with van der Waals surface area (Å²) in [6.07, 6.45) is 5.47. The number of carbonyl (C=O) groups excluding carboxylic acids is 4. The van der Waals surface area contributed by atoms with Crippen molar-refractivity contribution in [2.45, 2.75) is 98.6 Å². The van der Waals surface area contributed by atoms with Crippen molar-refractivity contribution < 1.29 is 24.4 Å². The zero-order valence-electron chi connectivity index (χ0n) is 20.8. The predicted octanol–water partition coefficient (Wildman–Crippen LogP) is 2.28. The normalized spacial score (nSPS) is 14.3. The largest absolute Gasteiger partial charge is 0.357 e. The van der Waals surface area contributed by atoms with Gasteiger partial charge in [-0.15, -0.1) is 0 Å². The first-order valence-electron chi connectivity index (χ1n) is 11.6. The SMILES string of the molecule is CCCCCCCC(NC(=O)C(CC(C)C)C(=O)NO)C(=O)NC(C(=O)NC)C(C)(C)C. The fraction of sp³-hybridized carbons (Fsp3) is 0.826. The molecule has 0 saturated heterocycles. The van der Waals surface area contributed by atoms with Gasteiger partial charge in [0.15, 0.2) is 0 Å². The van der Waals surface area contributed by atoms with E-state index in [4.69, 9.17) is 5.21 Å². The molecule has 9 nitrogen and oxygen atoms in total. The summed E-state index contributed by atoms with van der Waals surface area (Å²) in [5.74, 6) is -3.31. The molecule has 0 aromatic heterocycles. The van der Waals surface area contributed by atoms with E-state index in [1.807, 2.05) is 34.6 Å². The van der Waals surface area contributed by atoms with Crippen LogP contribution in [0.1, 0.15) is 86.5 Å². The van der Waals surface area contributed by atoms with Gasteiger partial charge in [0.05, 0.1) is 0 Å². The fourth-order valence-electron chi connectivity index (χ4n) is 3.44. The third-order valence-corrected chi connectivity index (χ3v) is 5.34. The van der Waals surface area contributed by atoms with Crippen LogP contribution in [0, 0.1) is 17.3 Å². The van der Waals surface area contributed by atoms with Gasteiger partial charge in [-0.25, -0.2) is 5.48 Å². The number of hydroxylamine groups is 1. The summed E-state index contributed by atoms with van der Waals surface area (Å²) >= 11 is 0. The van der Waals surface area contributed by atoms with E-state index >= 15 is 0 Å². The lowest BCUT2D eigenvalue weighted by molar-refractivity contribution is -0.143. The maximum atomic E-state index is 13.1. The van der Waals surface area contributed by atoms with E-state index in [0.717, 1.165) is 32.1 Å². The second-order valence-corrected chi connectivity index (χ2v) is 9.84. The van der Waals surface area contributed by atoms with Gasteiger partial charge in [0.1, 0.15) is 18.0 Å². The van der Waals surface area contributed by atoms with E-state index in [0.29, 0.717) is 6.42 Å². The summed E-state index contributed by atoms with van der Waals surface area (Å²) in [6.45, 7) is 11.4. The fourth-order valence-corrected chi connectivity index (χ4v) is 3.44. The number of nitrogens with one attached hydrogen (secondary N) is 4. The van der Waals surface area contributed by atoms with Crippen molar-refractivity contribution in [3.05, 3.63) is 0 Å². The van der Waals surface area contributed by atoms with Gasteiger partial charge in [-0.3, -0.25) is 24.4 Å². The van der Waals surface area contributed by atoms with Gasteiger partial charge < -0.3 is 16.0 Å². The van der Waals surface area contributed by atoms with Gasteiger partial charge in [-0.05, 0) is 24.2 Å². The third kappa shape index (κ3) is 10.9. The molecule has 0 aliphatic rings. The lowest BCUT2D eigenvalue weighted by atomic mass is 9.85. The summed E-state index contributed by atoms with van der Waals surface area (Å²) in [5.41, 5.74) is 1.00. The van der Waals surface area contributed by atoms with Crippen molar-refractivity contribution in [1.82, 2.24) is 21.4 Å². The van der Waals surface area contributed by atoms with Gasteiger partial charge in [-0.2, -0.15) is 0 Å². The summed E-state index contributed by atoms with van der Waals surface area (Å²) in [6, 6.07) is -1.67. The summed E-state index contributed by atoms with van der Waals surface area (Å²) in [5, 5.41) is 17.1. The lowest BCUT2D eigenvalue weighted by Gasteiger charge is -2.31. The second-order valence-electron chi connectivity index (χ2n) is 9.84. The van der Waals surface area contributed by atoms with E-state index in [1.165, 1.54) is 7.05 Å². The first-order valence-corrected chi connectivity index (χ1v) is 11.6. The van der Waals surface area contributed by atoms with E-state index < -0.39 is 41.1 Å². The molecule has 0 aromatic rings. The molecule has 0 aromatic carbocycles. The molecule has 3 atom stereocenters.